The minimum atomic E-state index is 0.261. The number of rotatable bonds is 5. The molecule has 0 saturated carbocycles. The average Bonchev–Trinajstić information content (AvgIpc) is 2.46. The Hall–Kier alpha value is -1.56. The van der Waals surface area contributed by atoms with E-state index in [2.05, 4.69) is 12.1 Å². The Morgan fingerprint density at radius 1 is 1.42 bits per heavy atom. The molecular weight excluding hydrogens is 264 g/mol. The van der Waals surface area contributed by atoms with Crippen LogP contribution in [0.5, 0.6) is 11.5 Å². The third-order valence-electron chi connectivity index (χ3n) is 2.84. The number of hydrogen-bond acceptors (Lipinski definition) is 5. The van der Waals surface area contributed by atoms with Gasteiger partial charge in [-0.2, -0.15) is 0 Å². The lowest BCUT2D eigenvalue weighted by Gasteiger charge is -2.20. The molecule has 0 saturated heterocycles. The second-order valence-corrected chi connectivity index (χ2v) is 5.62. The van der Waals surface area contributed by atoms with Gasteiger partial charge >= 0.3 is 0 Å². The summed E-state index contributed by atoms with van der Waals surface area (Å²) in [5, 5.41) is 11.9. The van der Waals surface area contributed by atoms with Gasteiger partial charge in [-0.1, -0.05) is 12.1 Å². The van der Waals surface area contributed by atoms with Gasteiger partial charge in [0.25, 0.3) is 0 Å². The van der Waals surface area contributed by atoms with E-state index in [1.54, 1.807) is 11.8 Å². The number of fused-ring (bicyclic) bond motifs is 1. The van der Waals surface area contributed by atoms with Gasteiger partial charge in [0.1, 0.15) is 19.0 Å². The molecule has 2 rings (SSSR count). The van der Waals surface area contributed by atoms with E-state index < -0.39 is 0 Å². The molecule has 0 radical (unpaired) electrons. The Morgan fingerprint density at radius 3 is 2.84 bits per heavy atom. The van der Waals surface area contributed by atoms with Gasteiger partial charge in [-0.3, -0.25) is 0 Å². The first-order valence-electron chi connectivity index (χ1n) is 6.25. The van der Waals surface area contributed by atoms with E-state index in [-0.39, 0.29) is 11.1 Å². The van der Waals surface area contributed by atoms with Crippen LogP contribution in [-0.2, 0) is 0 Å². The molecule has 1 unspecified atom stereocenters. The summed E-state index contributed by atoms with van der Waals surface area (Å²) in [7, 11) is 0. The maximum absolute atomic E-state index is 8.62. The fraction of sp³-hybridized carbons (Fsp3) is 0.462. The number of nitrogens with two attached hydrogens (primary N) is 1. The number of amidine groups is 1. The van der Waals surface area contributed by atoms with E-state index in [1.807, 2.05) is 18.2 Å². The second kappa shape index (κ2) is 6.56. The zero-order chi connectivity index (χ0) is 13.7. The number of benzene rings is 1. The maximum Gasteiger partial charge on any atom is 0.162 e. The third-order valence-corrected chi connectivity index (χ3v) is 4.20. The molecule has 104 valence electrons. The summed E-state index contributed by atoms with van der Waals surface area (Å²) in [5.74, 6) is 1.84. The minimum absolute atomic E-state index is 0.261. The zero-order valence-corrected chi connectivity index (χ0v) is 11.7. The van der Waals surface area contributed by atoms with Crippen molar-refractivity contribution >= 4 is 17.6 Å². The van der Waals surface area contributed by atoms with Gasteiger partial charge < -0.3 is 20.4 Å². The molecule has 1 aromatic carbocycles. The highest BCUT2D eigenvalue weighted by Gasteiger charge is 2.15. The van der Waals surface area contributed by atoms with Crippen LogP contribution in [0.1, 0.15) is 19.8 Å². The smallest absolute Gasteiger partial charge is 0.162 e. The van der Waals surface area contributed by atoms with E-state index in [1.165, 1.54) is 0 Å². The van der Waals surface area contributed by atoms with Gasteiger partial charge in [-0.15, -0.1) is 11.8 Å². The lowest BCUT2D eigenvalue weighted by Crippen LogP contribution is -2.18. The highest BCUT2D eigenvalue weighted by atomic mass is 32.2. The number of nitrogens with zero attached hydrogens (tertiary/aromatic N) is 1. The fourth-order valence-electron chi connectivity index (χ4n) is 1.83. The van der Waals surface area contributed by atoms with Crippen molar-refractivity contribution in [2.75, 3.05) is 13.2 Å². The number of thioether (sulfide) groups is 1. The summed E-state index contributed by atoms with van der Waals surface area (Å²) in [6.07, 6.45) is 1.50. The topological polar surface area (TPSA) is 77.1 Å². The third kappa shape index (κ3) is 3.70. The van der Waals surface area contributed by atoms with Crippen LogP contribution in [0.4, 0.5) is 0 Å². The summed E-state index contributed by atoms with van der Waals surface area (Å²) in [6, 6.07) is 5.91. The Labute approximate surface area is 116 Å². The van der Waals surface area contributed by atoms with Crippen LogP contribution in [0.2, 0.25) is 0 Å². The number of oxime groups is 1. The second-order valence-electron chi connectivity index (χ2n) is 4.25. The van der Waals surface area contributed by atoms with Gasteiger partial charge in [-0.05, 0) is 24.6 Å². The van der Waals surface area contributed by atoms with Crippen molar-refractivity contribution in [2.45, 2.75) is 29.9 Å². The Morgan fingerprint density at radius 2 is 2.16 bits per heavy atom. The van der Waals surface area contributed by atoms with Crippen molar-refractivity contribution in [3.05, 3.63) is 18.2 Å². The largest absolute Gasteiger partial charge is 0.486 e. The molecule has 6 heteroatoms. The van der Waals surface area contributed by atoms with Gasteiger partial charge in [-0.25, -0.2) is 0 Å². The standard InChI is InChI=1S/C13H18N2O3S/c1-2-9(8-13(14)15-16)19-10-3-4-11-12(7-10)18-6-5-17-11/h3-4,7,9,16H,2,5-6,8H2,1H3,(H2,14,15). The quantitative estimate of drug-likeness (QED) is 0.285. The van der Waals surface area contributed by atoms with Crippen LogP contribution in [0.25, 0.3) is 0 Å². The molecule has 0 spiro atoms. The summed E-state index contributed by atoms with van der Waals surface area (Å²) < 4.78 is 11.0. The van der Waals surface area contributed by atoms with Crippen LogP contribution >= 0.6 is 11.8 Å². The molecule has 0 amide bonds. The molecule has 19 heavy (non-hydrogen) atoms. The monoisotopic (exact) mass is 282 g/mol. The van der Waals surface area contributed by atoms with Crippen LogP contribution in [0.3, 0.4) is 0 Å². The maximum atomic E-state index is 8.62. The van der Waals surface area contributed by atoms with E-state index in [0.717, 1.165) is 22.8 Å². The van der Waals surface area contributed by atoms with Gasteiger partial charge in [0.05, 0.1) is 0 Å². The van der Waals surface area contributed by atoms with E-state index >= 15 is 0 Å². The molecular formula is C13H18N2O3S. The zero-order valence-electron chi connectivity index (χ0n) is 10.8. The molecule has 1 aliphatic rings. The first-order chi connectivity index (χ1) is 9.22. The molecule has 0 aromatic heterocycles. The van der Waals surface area contributed by atoms with Crippen LogP contribution < -0.4 is 15.2 Å². The molecule has 0 fully saturated rings. The molecule has 3 N–H and O–H groups in total. The summed E-state index contributed by atoms with van der Waals surface area (Å²) in [4.78, 5) is 1.10. The highest BCUT2D eigenvalue weighted by Crippen LogP contribution is 2.36. The van der Waals surface area contributed by atoms with Crippen molar-refractivity contribution in [2.24, 2.45) is 10.9 Å². The van der Waals surface area contributed by atoms with E-state index in [0.29, 0.717) is 19.6 Å². The Bertz CT molecular complexity index is 465. The lowest BCUT2D eigenvalue weighted by atomic mass is 10.2. The minimum Gasteiger partial charge on any atom is -0.486 e. The molecule has 1 aromatic rings. The van der Waals surface area contributed by atoms with Crippen molar-refractivity contribution in [1.29, 1.82) is 0 Å². The number of hydrogen-bond donors (Lipinski definition) is 2. The molecule has 0 aliphatic carbocycles. The number of ether oxygens (including phenoxy) is 2. The van der Waals surface area contributed by atoms with Crippen molar-refractivity contribution in [3.63, 3.8) is 0 Å². The summed E-state index contributed by atoms with van der Waals surface area (Å²) >= 11 is 1.70. The van der Waals surface area contributed by atoms with Gasteiger partial charge in [0, 0.05) is 16.6 Å². The van der Waals surface area contributed by atoms with Crippen molar-refractivity contribution < 1.29 is 14.7 Å². The average molecular weight is 282 g/mol. The van der Waals surface area contributed by atoms with Gasteiger partial charge in [0.15, 0.2) is 11.5 Å². The fourth-order valence-corrected chi connectivity index (χ4v) is 2.96. The van der Waals surface area contributed by atoms with E-state index in [9.17, 15) is 0 Å². The summed E-state index contributed by atoms with van der Waals surface area (Å²) in [6.45, 7) is 3.27. The van der Waals surface area contributed by atoms with Crippen molar-refractivity contribution in [1.82, 2.24) is 0 Å². The SMILES string of the molecule is CCC(C/C(N)=N/O)Sc1ccc2c(c1)OCCO2. The first-order valence-corrected chi connectivity index (χ1v) is 7.13. The Kier molecular flexibility index (Phi) is 4.79. The van der Waals surface area contributed by atoms with Crippen LogP contribution in [0.15, 0.2) is 28.3 Å². The molecule has 1 atom stereocenters. The normalized spacial score (nSPS) is 16.2. The molecule has 5 nitrogen and oxygen atoms in total. The molecule has 1 heterocycles. The van der Waals surface area contributed by atoms with Crippen LogP contribution in [-0.4, -0.2) is 29.5 Å². The molecule has 0 bridgehead atoms. The van der Waals surface area contributed by atoms with Crippen LogP contribution in [0, 0.1) is 0 Å². The van der Waals surface area contributed by atoms with Crippen molar-refractivity contribution in [3.8, 4) is 11.5 Å². The predicted octanol–water partition coefficient (Wildman–Crippen LogP) is 2.47. The lowest BCUT2D eigenvalue weighted by molar-refractivity contribution is 0.171. The highest BCUT2D eigenvalue weighted by molar-refractivity contribution is 8.00. The van der Waals surface area contributed by atoms with E-state index in [4.69, 9.17) is 20.4 Å². The molecule has 1 aliphatic heterocycles. The first kappa shape index (κ1) is 13.9. The van der Waals surface area contributed by atoms with Gasteiger partial charge in [0.2, 0.25) is 0 Å². The Balaban J connectivity index is 2.05. The predicted molar refractivity (Wildman–Crippen MR) is 75.4 cm³/mol. The summed E-state index contributed by atoms with van der Waals surface area (Å²) in [5.41, 5.74) is 5.56.